The minimum absolute atomic E-state index is 0.694. The van der Waals surface area contributed by atoms with Gasteiger partial charge < -0.3 is 0 Å². The Hall–Kier alpha value is -0.190. The van der Waals surface area contributed by atoms with Crippen molar-refractivity contribution in [1.29, 1.82) is 0 Å². The summed E-state index contributed by atoms with van der Waals surface area (Å²) < 4.78 is 14.0. The number of halogens is 1. The molecule has 0 spiro atoms. The summed E-state index contributed by atoms with van der Waals surface area (Å²) in [6.07, 6.45) is 0. The maximum atomic E-state index is 11.1. The highest BCUT2D eigenvalue weighted by molar-refractivity contribution is 8.70. The van der Waals surface area contributed by atoms with Gasteiger partial charge in [0.15, 0.2) is 10.0 Å². The van der Waals surface area contributed by atoms with E-state index >= 15 is 0 Å². The zero-order valence-electron chi connectivity index (χ0n) is 6.26. The van der Waals surface area contributed by atoms with Crippen molar-refractivity contribution >= 4 is 38.1 Å². The molecule has 0 saturated carbocycles. The van der Waals surface area contributed by atoms with Crippen LogP contribution in [0.2, 0.25) is 5.02 Å². The van der Waals surface area contributed by atoms with Gasteiger partial charge in [-0.1, -0.05) is 11.6 Å². The lowest BCUT2D eigenvalue weighted by Crippen LogP contribution is -1.93. The maximum absolute atomic E-state index is 11.1. The van der Waals surface area contributed by atoms with Crippen molar-refractivity contribution in [3.05, 3.63) is 22.7 Å². The Labute approximate surface area is 81.7 Å². The molecule has 1 heterocycles. The van der Waals surface area contributed by atoms with Crippen LogP contribution in [0, 0.1) is 6.92 Å². The highest BCUT2D eigenvalue weighted by Crippen LogP contribution is 2.41. The second-order valence-corrected chi connectivity index (χ2v) is 5.64. The van der Waals surface area contributed by atoms with E-state index in [2.05, 4.69) is 4.72 Å². The average molecular weight is 220 g/mol. The van der Waals surface area contributed by atoms with Crippen molar-refractivity contribution in [2.24, 2.45) is 0 Å². The van der Waals surface area contributed by atoms with Gasteiger partial charge in [0, 0.05) is 9.92 Å². The zero-order valence-corrected chi connectivity index (χ0v) is 8.65. The van der Waals surface area contributed by atoms with Crippen LogP contribution in [-0.4, -0.2) is 4.21 Å². The molecule has 0 fully saturated rings. The summed E-state index contributed by atoms with van der Waals surface area (Å²) in [6, 6.07) is 3.68. The van der Waals surface area contributed by atoms with E-state index in [4.69, 9.17) is 11.6 Å². The molecule has 0 saturated heterocycles. The van der Waals surface area contributed by atoms with Gasteiger partial charge in [0.05, 0.1) is 5.69 Å². The van der Waals surface area contributed by atoms with Crippen molar-refractivity contribution in [2.45, 2.75) is 11.8 Å². The lowest BCUT2D eigenvalue weighted by atomic mass is 10.2. The van der Waals surface area contributed by atoms with E-state index in [0.717, 1.165) is 16.1 Å². The summed E-state index contributed by atoms with van der Waals surface area (Å²) in [7, 11) is 0.266. The van der Waals surface area contributed by atoms with Crippen LogP contribution < -0.4 is 4.72 Å². The van der Waals surface area contributed by atoms with Crippen LogP contribution in [0.5, 0.6) is 0 Å². The van der Waals surface area contributed by atoms with Gasteiger partial charge in [0.25, 0.3) is 0 Å². The highest BCUT2D eigenvalue weighted by Gasteiger charge is 2.19. The SMILES string of the molecule is Cc1cc(Cl)cc2c1NS(=O)S2. The monoisotopic (exact) mass is 219 g/mol. The number of benzene rings is 1. The van der Waals surface area contributed by atoms with E-state index < -0.39 is 10.0 Å². The maximum Gasteiger partial charge on any atom is 0.184 e. The molecule has 1 atom stereocenters. The minimum Gasteiger partial charge on any atom is -0.295 e. The Balaban J connectivity index is 2.59. The molecule has 1 aromatic carbocycles. The van der Waals surface area contributed by atoms with Gasteiger partial charge in [-0.3, -0.25) is 4.72 Å². The van der Waals surface area contributed by atoms with Crippen LogP contribution in [-0.2, 0) is 10.0 Å². The first-order valence-electron chi connectivity index (χ1n) is 3.34. The molecule has 2 rings (SSSR count). The molecular weight excluding hydrogens is 214 g/mol. The van der Waals surface area contributed by atoms with Gasteiger partial charge >= 0.3 is 0 Å². The Bertz CT molecular complexity index is 367. The van der Waals surface area contributed by atoms with Crippen molar-refractivity contribution in [3.63, 3.8) is 0 Å². The normalized spacial score (nSPS) is 20.3. The lowest BCUT2D eigenvalue weighted by Gasteiger charge is -2.01. The number of rotatable bonds is 0. The smallest absolute Gasteiger partial charge is 0.184 e. The Morgan fingerprint density at radius 2 is 2.33 bits per heavy atom. The predicted molar refractivity (Wildman–Crippen MR) is 53.8 cm³/mol. The molecule has 0 aromatic heterocycles. The molecule has 1 aromatic rings. The molecule has 2 nitrogen and oxygen atoms in total. The standard InChI is InChI=1S/C7H6ClNOS2/c1-4-2-5(8)3-6-7(4)9-12(10)11-6/h2-3,9H,1H3. The number of anilines is 1. The summed E-state index contributed by atoms with van der Waals surface area (Å²) in [6.45, 7) is 1.95. The fourth-order valence-corrected chi connectivity index (χ4v) is 3.87. The Morgan fingerprint density at radius 1 is 1.58 bits per heavy atom. The first-order valence-corrected chi connectivity index (χ1v) is 6.20. The van der Waals surface area contributed by atoms with Crippen LogP contribution in [0.3, 0.4) is 0 Å². The van der Waals surface area contributed by atoms with Gasteiger partial charge in [-0.05, 0) is 35.4 Å². The third kappa shape index (κ3) is 1.34. The number of hydrogen-bond donors (Lipinski definition) is 1. The summed E-state index contributed by atoms with van der Waals surface area (Å²) in [5.41, 5.74) is 1.98. The molecule has 64 valence electrons. The molecule has 1 aliphatic heterocycles. The van der Waals surface area contributed by atoms with Crippen molar-refractivity contribution < 1.29 is 4.21 Å². The van der Waals surface area contributed by atoms with Crippen LogP contribution >= 0.6 is 22.4 Å². The number of aryl methyl sites for hydroxylation is 1. The van der Waals surface area contributed by atoms with Crippen molar-refractivity contribution in [2.75, 3.05) is 4.72 Å². The molecule has 1 unspecified atom stereocenters. The van der Waals surface area contributed by atoms with E-state index in [1.807, 2.05) is 19.1 Å². The topological polar surface area (TPSA) is 29.1 Å². The second-order valence-electron chi connectivity index (χ2n) is 2.52. The molecule has 1 N–H and O–H groups in total. The number of hydrogen-bond acceptors (Lipinski definition) is 2. The lowest BCUT2D eigenvalue weighted by molar-refractivity contribution is 0.694. The van der Waals surface area contributed by atoms with Crippen LogP contribution in [0.1, 0.15) is 5.56 Å². The highest BCUT2D eigenvalue weighted by atomic mass is 35.5. The molecule has 0 amide bonds. The summed E-state index contributed by atoms with van der Waals surface area (Å²) >= 11 is 5.84. The summed E-state index contributed by atoms with van der Waals surface area (Å²) in [5, 5.41) is 0.694. The molecule has 1 aliphatic rings. The minimum atomic E-state index is -1.03. The fraction of sp³-hybridized carbons (Fsp3) is 0.143. The third-order valence-corrected chi connectivity index (χ3v) is 4.10. The van der Waals surface area contributed by atoms with E-state index in [0.29, 0.717) is 5.02 Å². The van der Waals surface area contributed by atoms with Crippen molar-refractivity contribution in [1.82, 2.24) is 0 Å². The molecular formula is C7H6ClNOS2. The van der Waals surface area contributed by atoms with Crippen LogP contribution in [0.4, 0.5) is 5.69 Å². The van der Waals surface area contributed by atoms with Gasteiger partial charge in [0.2, 0.25) is 0 Å². The van der Waals surface area contributed by atoms with E-state index in [1.54, 1.807) is 0 Å². The predicted octanol–water partition coefficient (Wildman–Crippen LogP) is 2.74. The van der Waals surface area contributed by atoms with Gasteiger partial charge in [-0.2, -0.15) is 0 Å². The second kappa shape index (κ2) is 2.94. The molecule has 0 radical (unpaired) electrons. The first kappa shape index (κ1) is 8.41. The summed E-state index contributed by atoms with van der Waals surface area (Å²) in [4.78, 5) is 0.971. The fourth-order valence-electron chi connectivity index (χ4n) is 1.09. The van der Waals surface area contributed by atoms with Gasteiger partial charge in [-0.15, -0.1) is 0 Å². The van der Waals surface area contributed by atoms with E-state index in [1.165, 1.54) is 10.8 Å². The quantitative estimate of drug-likeness (QED) is 0.680. The molecule has 5 heteroatoms. The third-order valence-electron chi connectivity index (χ3n) is 1.61. The largest absolute Gasteiger partial charge is 0.295 e. The van der Waals surface area contributed by atoms with Gasteiger partial charge in [0.1, 0.15) is 0 Å². The molecule has 12 heavy (non-hydrogen) atoms. The van der Waals surface area contributed by atoms with Crippen LogP contribution in [0.25, 0.3) is 0 Å². The van der Waals surface area contributed by atoms with Crippen LogP contribution in [0.15, 0.2) is 17.0 Å². The summed E-state index contributed by atoms with van der Waals surface area (Å²) in [5.74, 6) is 0. The van der Waals surface area contributed by atoms with E-state index in [-0.39, 0.29) is 0 Å². The van der Waals surface area contributed by atoms with Crippen molar-refractivity contribution in [3.8, 4) is 0 Å². The number of nitrogens with one attached hydrogen (secondary N) is 1. The number of fused-ring (bicyclic) bond motifs is 1. The van der Waals surface area contributed by atoms with E-state index in [9.17, 15) is 4.21 Å². The zero-order chi connectivity index (χ0) is 8.72. The van der Waals surface area contributed by atoms with Gasteiger partial charge in [-0.25, -0.2) is 4.21 Å². The first-order chi connectivity index (χ1) is 5.66. The average Bonchev–Trinajstić information content (AvgIpc) is 2.29. The molecule has 0 bridgehead atoms. The Kier molecular flexibility index (Phi) is 2.06. The Morgan fingerprint density at radius 3 is 3.08 bits per heavy atom. The molecule has 0 aliphatic carbocycles.